The molecule has 0 aliphatic heterocycles. The van der Waals surface area contributed by atoms with Crippen LogP contribution in [-0.4, -0.2) is 28.5 Å². The van der Waals surface area contributed by atoms with Gasteiger partial charge in [-0.15, -0.1) is 0 Å². The van der Waals surface area contributed by atoms with Crippen molar-refractivity contribution in [3.63, 3.8) is 0 Å². The Balaban J connectivity index is 1.93. The van der Waals surface area contributed by atoms with Crippen LogP contribution >= 0.6 is 0 Å². The van der Waals surface area contributed by atoms with E-state index in [2.05, 4.69) is 15.3 Å². The quantitative estimate of drug-likeness (QED) is 0.875. The first-order valence-corrected chi connectivity index (χ1v) is 6.79. The standard InChI is InChI=1S/C16H17N3O3/c1-10-5-4-6-11(2)15(10)19-14(20)9-22-16(21)13-8-17-12(3)7-18-13/h4-8H,9H2,1-3H3,(H,19,20). The molecule has 0 bridgehead atoms. The summed E-state index contributed by atoms with van der Waals surface area (Å²) in [6.45, 7) is 5.19. The van der Waals surface area contributed by atoms with Crippen LogP contribution in [0, 0.1) is 20.8 Å². The van der Waals surface area contributed by atoms with Crippen LogP contribution in [-0.2, 0) is 9.53 Å². The largest absolute Gasteiger partial charge is 0.451 e. The molecule has 6 nitrogen and oxygen atoms in total. The molecule has 1 amide bonds. The van der Waals surface area contributed by atoms with E-state index in [1.54, 1.807) is 6.92 Å². The number of hydrogen-bond acceptors (Lipinski definition) is 5. The van der Waals surface area contributed by atoms with Gasteiger partial charge in [-0.25, -0.2) is 9.78 Å². The second kappa shape index (κ2) is 6.80. The smallest absolute Gasteiger partial charge is 0.359 e. The summed E-state index contributed by atoms with van der Waals surface area (Å²) >= 11 is 0. The SMILES string of the molecule is Cc1cnc(C(=O)OCC(=O)Nc2c(C)cccc2C)cn1. The van der Waals surface area contributed by atoms with Crippen molar-refractivity contribution in [2.75, 3.05) is 11.9 Å². The molecule has 1 heterocycles. The maximum absolute atomic E-state index is 11.9. The molecule has 1 N–H and O–H groups in total. The van der Waals surface area contributed by atoms with E-state index >= 15 is 0 Å². The Bertz CT molecular complexity index is 676. The molecule has 2 aromatic rings. The number of aryl methyl sites for hydroxylation is 3. The minimum absolute atomic E-state index is 0.0745. The van der Waals surface area contributed by atoms with Gasteiger partial charge in [0.25, 0.3) is 5.91 Å². The number of rotatable bonds is 4. The van der Waals surface area contributed by atoms with Gasteiger partial charge in [0, 0.05) is 11.9 Å². The zero-order chi connectivity index (χ0) is 16.1. The van der Waals surface area contributed by atoms with E-state index in [1.165, 1.54) is 12.4 Å². The second-order valence-electron chi connectivity index (χ2n) is 4.93. The zero-order valence-corrected chi connectivity index (χ0v) is 12.7. The maximum atomic E-state index is 11.9. The average Bonchev–Trinajstić information content (AvgIpc) is 2.49. The lowest BCUT2D eigenvalue weighted by atomic mass is 10.1. The van der Waals surface area contributed by atoms with E-state index < -0.39 is 11.9 Å². The molecule has 0 fully saturated rings. The van der Waals surface area contributed by atoms with Gasteiger partial charge in [0.2, 0.25) is 0 Å². The molecule has 0 saturated heterocycles. The molecule has 22 heavy (non-hydrogen) atoms. The fourth-order valence-corrected chi connectivity index (χ4v) is 1.89. The van der Waals surface area contributed by atoms with E-state index in [1.807, 2.05) is 32.0 Å². The van der Waals surface area contributed by atoms with Gasteiger partial charge in [0.1, 0.15) is 0 Å². The summed E-state index contributed by atoms with van der Waals surface area (Å²) < 4.78 is 4.93. The van der Waals surface area contributed by atoms with Crippen LogP contribution in [0.2, 0.25) is 0 Å². The van der Waals surface area contributed by atoms with E-state index in [0.29, 0.717) is 5.69 Å². The van der Waals surface area contributed by atoms with Crippen molar-refractivity contribution in [3.8, 4) is 0 Å². The summed E-state index contributed by atoms with van der Waals surface area (Å²) in [4.78, 5) is 31.5. The molecule has 0 saturated carbocycles. The van der Waals surface area contributed by atoms with E-state index in [-0.39, 0.29) is 12.3 Å². The summed E-state index contributed by atoms with van der Waals surface area (Å²) in [6, 6.07) is 5.71. The van der Waals surface area contributed by atoms with Crippen molar-refractivity contribution in [3.05, 3.63) is 53.1 Å². The molecule has 0 aliphatic rings. The summed E-state index contributed by atoms with van der Waals surface area (Å²) in [5.74, 6) is -1.07. The number of nitrogens with zero attached hydrogens (tertiary/aromatic N) is 2. The molecule has 0 atom stereocenters. The number of aromatic nitrogens is 2. The summed E-state index contributed by atoms with van der Waals surface area (Å²) in [7, 11) is 0. The topological polar surface area (TPSA) is 81.2 Å². The number of esters is 1. The third-order valence-electron chi connectivity index (χ3n) is 3.07. The zero-order valence-electron chi connectivity index (χ0n) is 12.7. The van der Waals surface area contributed by atoms with Crippen LogP contribution in [0.3, 0.4) is 0 Å². The number of benzene rings is 1. The first-order chi connectivity index (χ1) is 10.5. The monoisotopic (exact) mass is 299 g/mol. The Morgan fingerprint density at radius 1 is 1.09 bits per heavy atom. The van der Waals surface area contributed by atoms with Crippen molar-refractivity contribution in [1.82, 2.24) is 9.97 Å². The Labute approximate surface area is 128 Å². The fraction of sp³-hybridized carbons (Fsp3) is 0.250. The average molecular weight is 299 g/mol. The van der Waals surface area contributed by atoms with Crippen LogP contribution in [0.1, 0.15) is 27.3 Å². The Morgan fingerprint density at radius 3 is 2.36 bits per heavy atom. The van der Waals surface area contributed by atoms with Crippen LogP contribution in [0.4, 0.5) is 5.69 Å². The first kappa shape index (κ1) is 15.6. The van der Waals surface area contributed by atoms with Gasteiger partial charge in [-0.3, -0.25) is 9.78 Å². The fourth-order valence-electron chi connectivity index (χ4n) is 1.89. The summed E-state index contributed by atoms with van der Waals surface area (Å²) in [5, 5.41) is 2.74. The number of amides is 1. The van der Waals surface area contributed by atoms with Crippen molar-refractivity contribution in [2.45, 2.75) is 20.8 Å². The van der Waals surface area contributed by atoms with Crippen LogP contribution < -0.4 is 5.32 Å². The van der Waals surface area contributed by atoms with Crippen molar-refractivity contribution < 1.29 is 14.3 Å². The highest BCUT2D eigenvalue weighted by molar-refractivity contribution is 5.95. The number of para-hydroxylation sites is 1. The lowest BCUT2D eigenvalue weighted by Gasteiger charge is -2.11. The highest BCUT2D eigenvalue weighted by atomic mass is 16.5. The normalized spacial score (nSPS) is 10.1. The van der Waals surface area contributed by atoms with E-state index in [0.717, 1.165) is 16.8 Å². The molecular formula is C16H17N3O3. The van der Waals surface area contributed by atoms with E-state index in [9.17, 15) is 9.59 Å². The lowest BCUT2D eigenvalue weighted by Crippen LogP contribution is -2.22. The molecule has 2 rings (SSSR count). The number of hydrogen-bond donors (Lipinski definition) is 1. The van der Waals surface area contributed by atoms with Gasteiger partial charge in [-0.2, -0.15) is 0 Å². The molecule has 0 spiro atoms. The van der Waals surface area contributed by atoms with Gasteiger partial charge in [0.05, 0.1) is 11.9 Å². The van der Waals surface area contributed by atoms with Gasteiger partial charge >= 0.3 is 5.97 Å². The molecule has 1 aromatic heterocycles. The second-order valence-corrected chi connectivity index (χ2v) is 4.93. The van der Waals surface area contributed by atoms with Crippen molar-refractivity contribution in [2.24, 2.45) is 0 Å². The molecule has 114 valence electrons. The third kappa shape index (κ3) is 3.88. The van der Waals surface area contributed by atoms with Gasteiger partial charge in [0.15, 0.2) is 12.3 Å². The molecule has 0 aliphatic carbocycles. The molecule has 0 radical (unpaired) electrons. The minimum Gasteiger partial charge on any atom is -0.451 e. The van der Waals surface area contributed by atoms with Crippen LogP contribution in [0.25, 0.3) is 0 Å². The lowest BCUT2D eigenvalue weighted by molar-refractivity contribution is -0.119. The number of carbonyl (C=O) groups excluding carboxylic acids is 2. The van der Waals surface area contributed by atoms with Gasteiger partial charge in [-0.05, 0) is 31.9 Å². The highest BCUT2D eigenvalue weighted by Crippen LogP contribution is 2.19. The molecule has 0 unspecified atom stereocenters. The highest BCUT2D eigenvalue weighted by Gasteiger charge is 2.13. The van der Waals surface area contributed by atoms with Crippen molar-refractivity contribution >= 4 is 17.6 Å². The van der Waals surface area contributed by atoms with Crippen LogP contribution in [0.15, 0.2) is 30.6 Å². The van der Waals surface area contributed by atoms with Crippen LogP contribution in [0.5, 0.6) is 0 Å². The molecular weight excluding hydrogens is 282 g/mol. The van der Waals surface area contributed by atoms with Gasteiger partial charge in [-0.1, -0.05) is 18.2 Å². The predicted molar refractivity (Wildman–Crippen MR) is 81.6 cm³/mol. The molecule has 1 aromatic carbocycles. The number of nitrogens with one attached hydrogen (secondary N) is 1. The number of anilines is 1. The van der Waals surface area contributed by atoms with Crippen molar-refractivity contribution in [1.29, 1.82) is 0 Å². The van der Waals surface area contributed by atoms with E-state index in [4.69, 9.17) is 4.74 Å². The minimum atomic E-state index is -0.677. The number of carbonyl (C=O) groups is 2. The maximum Gasteiger partial charge on any atom is 0.359 e. The Kier molecular flexibility index (Phi) is 4.83. The Hall–Kier alpha value is -2.76. The third-order valence-corrected chi connectivity index (χ3v) is 3.07. The number of ether oxygens (including phenoxy) is 1. The Morgan fingerprint density at radius 2 is 1.77 bits per heavy atom. The van der Waals surface area contributed by atoms with Gasteiger partial charge < -0.3 is 10.1 Å². The first-order valence-electron chi connectivity index (χ1n) is 6.79. The molecule has 6 heteroatoms. The summed E-state index contributed by atoms with van der Waals surface area (Å²) in [6.07, 6.45) is 2.79. The predicted octanol–water partition coefficient (Wildman–Crippen LogP) is 2.20. The summed E-state index contributed by atoms with van der Waals surface area (Å²) in [5.41, 5.74) is 3.40.